The van der Waals surface area contributed by atoms with Crippen LogP contribution < -0.4 is 11.3 Å². The first-order valence-electron chi connectivity index (χ1n) is 4.49. The number of aromatic nitrogens is 2. The van der Waals surface area contributed by atoms with Gasteiger partial charge in [0, 0.05) is 6.20 Å². The van der Waals surface area contributed by atoms with Crippen molar-refractivity contribution in [1.82, 2.24) is 14.8 Å². The second-order valence-corrected chi connectivity index (χ2v) is 3.23. The number of nitrogen functional groups attached to an aromatic ring is 1. The lowest BCUT2D eigenvalue weighted by Crippen LogP contribution is -2.31. The van der Waals surface area contributed by atoms with Crippen LogP contribution in [-0.4, -0.2) is 15.3 Å². The molecule has 1 amide bonds. The molecule has 0 fully saturated rings. The van der Waals surface area contributed by atoms with E-state index in [1.807, 2.05) is 5.43 Å². The second kappa shape index (κ2) is 3.74. The third-order valence-electron chi connectivity index (χ3n) is 2.20. The molecule has 0 unspecified atom stereocenters. The lowest BCUT2D eigenvalue weighted by Gasteiger charge is -2.08. The summed E-state index contributed by atoms with van der Waals surface area (Å²) in [7, 11) is 0. The number of hydrazine groups is 1. The maximum Gasteiger partial charge on any atom is 0.419 e. The van der Waals surface area contributed by atoms with Crippen LogP contribution in [0.2, 0.25) is 0 Å². The summed E-state index contributed by atoms with van der Waals surface area (Å²) in [6, 6.07) is 2.08. The SMILES string of the molecule is NNC(=O)c1cnc2c(C(F)(F)F)cccn12. The molecule has 0 aromatic carbocycles. The molecular weight excluding hydrogens is 237 g/mol. The van der Waals surface area contributed by atoms with Crippen LogP contribution in [0.25, 0.3) is 5.65 Å². The summed E-state index contributed by atoms with van der Waals surface area (Å²) in [5, 5.41) is 0. The van der Waals surface area contributed by atoms with Gasteiger partial charge in [-0.05, 0) is 12.1 Å². The number of hydrogen-bond acceptors (Lipinski definition) is 3. The lowest BCUT2D eigenvalue weighted by molar-refractivity contribution is -0.136. The molecule has 8 heteroatoms. The number of fused-ring (bicyclic) bond motifs is 1. The van der Waals surface area contributed by atoms with Gasteiger partial charge >= 0.3 is 6.18 Å². The number of rotatable bonds is 1. The van der Waals surface area contributed by atoms with Crippen molar-refractivity contribution in [2.75, 3.05) is 0 Å². The Bertz CT molecular complexity index is 575. The number of imidazole rings is 1. The zero-order valence-corrected chi connectivity index (χ0v) is 8.32. The first-order chi connectivity index (χ1) is 7.95. The fraction of sp³-hybridized carbons (Fsp3) is 0.111. The number of carbonyl (C=O) groups excluding carboxylic acids is 1. The minimum Gasteiger partial charge on any atom is -0.295 e. The van der Waals surface area contributed by atoms with Crippen molar-refractivity contribution >= 4 is 11.6 Å². The Morgan fingerprint density at radius 3 is 2.76 bits per heavy atom. The highest BCUT2D eigenvalue weighted by Gasteiger charge is 2.34. The topological polar surface area (TPSA) is 72.4 Å². The van der Waals surface area contributed by atoms with Gasteiger partial charge in [-0.2, -0.15) is 13.2 Å². The molecule has 2 heterocycles. The van der Waals surface area contributed by atoms with Gasteiger partial charge in [-0.15, -0.1) is 0 Å². The number of nitrogens with one attached hydrogen (secondary N) is 1. The Hall–Kier alpha value is -2.09. The molecular formula is C9H7F3N4O. The second-order valence-electron chi connectivity index (χ2n) is 3.23. The summed E-state index contributed by atoms with van der Waals surface area (Å²) in [6.45, 7) is 0. The Labute approximate surface area is 93.0 Å². The van der Waals surface area contributed by atoms with E-state index in [-0.39, 0.29) is 11.3 Å². The van der Waals surface area contributed by atoms with Gasteiger partial charge in [0.2, 0.25) is 0 Å². The van der Waals surface area contributed by atoms with E-state index in [4.69, 9.17) is 5.84 Å². The van der Waals surface area contributed by atoms with E-state index >= 15 is 0 Å². The number of amides is 1. The number of nitrogens with zero attached hydrogens (tertiary/aromatic N) is 2. The van der Waals surface area contributed by atoms with E-state index in [0.717, 1.165) is 16.7 Å². The van der Waals surface area contributed by atoms with Gasteiger partial charge in [-0.1, -0.05) is 0 Å². The van der Waals surface area contributed by atoms with Crippen LogP contribution in [0.15, 0.2) is 24.5 Å². The minimum atomic E-state index is -4.52. The molecule has 5 nitrogen and oxygen atoms in total. The Morgan fingerprint density at radius 2 is 2.18 bits per heavy atom. The van der Waals surface area contributed by atoms with Crippen molar-refractivity contribution in [1.29, 1.82) is 0 Å². The van der Waals surface area contributed by atoms with Gasteiger partial charge in [0.05, 0.1) is 11.8 Å². The van der Waals surface area contributed by atoms with E-state index in [0.29, 0.717) is 0 Å². The van der Waals surface area contributed by atoms with Crippen LogP contribution in [-0.2, 0) is 6.18 Å². The highest BCUT2D eigenvalue weighted by atomic mass is 19.4. The van der Waals surface area contributed by atoms with Crippen LogP contribution in [0.3, 0.4) is 0 Å². The highest BCUT2D eigenvalue weighted by Crippen LogP contribution is 2.31. The maximum absolute atomic E-state index is 12.6. The van der Waals surface area contributed by atoms with Gasteiger partial charge in [-0.3, -0.25) is 14.6 Å². The van der Waals surface area contributed by atoms with E-state index in [2.05, 4.69) is 4.98 Å². The molecule has 2 aromatic heterocycles. The van der Waals surface area contributed by atoms with Crippen LogP contribution >= 0.6 is 0 Å². The third kappa shape index (κ3) is 1.82. The molecule has 0 saturated heterocycles. The van der Waals surface area contributed by atoms with E-state index in [1.54, 1.807) is 0 Å². The quantitative estimate of drug-likeness (QED) is 0.445. The van der Waals surface area contributed by atoms with E-state index < -0.39 is 17.6 Å². The van der Waals surface area contributed by atoms with Gasteiger partial charge in [-0.25, -0.2) is 10.8 Å². The largest absolute Gasteiger partial charge is 0.419 e. The first-order valence-corrected chi connectivity index (χ1v) is 4.49. The normalized spacial score (nSPS) is 11.8. The molecule has 0 saturated carbocycles. The molecule has 0 spiro atoms. The van der Waals surface area contributed by atoms with Gasteiger partial charge in [0.15, 0.2) is 0 Å². The fourth-order valence-electron chi connectivity index (χ4n) is 1.47. The van der Waals surface area contributed by atoms with Crippen LogP contribution in [0.1, 0.15) is 16.1 Å². The fourth-order valence-corrected chi connectivity index (χ4v) is 1.47. The Morgan fingerprint density at radius 1 is 1.47 bits per heavy atom. The standard InChI is InChI=1S/C9H7F3N4O/c10-9(11,12)5-2-1-3-16-6(8(17)15-13)4-14-7(5)16/h1-4H,13H2,(H,15,17). The first kappa shape index (κ1) is 11.4. The minimum absolute atomic E-state index is 0.0615. The van der Waals surface area contributed by atoms with Crippen molar-refractivity contribution in [3.8, 4) is 0 Å². The Kier molecular flexibility index (Phi) is 2.50. The summed E-state index contributed by atoms with van der Waals surface area (Å²) in [5.74, 6) is 4.20. The molecule has 2 rings (SSSR count). The summed E-state index contributed by atoms with van der Waals surface area (Å²) < 4.78 is 38.9. The van der Waals surface area contributed by atoms with Crippen molar-refractivity contribution in [3.63, 3.8) is 0 Å². The third-order valence-corrected chi connectivity index (χ3v) is 2.20. The predicted molar refractivity (Wildman–Crippen MR) is 51.8 cm³/mol. The maximum atomic E-state index is 12.6. The van der Waals surface area contributed by atoms with E-state index in [9.17, 15) is 18.0 Å². The molecule has 2 aromatic rings. The van der Waals surface area contributed by atoms with Gasteiger partial charge < -0.3 is 0 Å². The van der Waals surface area contributed by atoms with Crippen molar-refractivity contribution in [2.24, 2.45) is 5.84 Å². The van der Waals surface area contributed by atoms with E-state index in [1.165, 1.54) is 12.3 Å². The van der Waals surface area contributed by atoms with Crippen LogP contribution in [0.4, 0.5) is 13.2 Å². The predicted octanol–water partition coefficient (Wildman–Crippen LogP) is 0.957. The zero-order chi connectivity index (χ0) is 12.6. The molecule has 3 N–H and O–H groups in total. The summed E-state index contributed by atoms with van der Waals surface area (Å²) in [5.41, 5.74) is 0.534. The summed E-state index contributed by atoms with van der Waals surface area (Å²) >= 11 is 0. The van der Waals surface area contributed by atoms with Crippen molar-refractivity contribution in [3.05, 3.63) is 35.8 Å². The molecule has 0 bridgehead atoms. The molecule has 0 aliphatic rings. The van der Waals surface area contributed by atoms with Gasteiger partial charge in [0.1, 0.15) is 11.3 Å². The number of carbonyl (C=O) groups is 1. The monoisotopic (exact) mass is 244 g/mol. The average molecular weight is 244 g/mol. The van der Waals surface area contributed by atoms with Crippen LogP contribution in [0, 0.1) is 0 Å². The number of alkyl halides is 3. The van der Waals surface area contributed by atoms with Crippen LogP contribution in [0.5, 0.6) is 0 Å². The van der Waals surface area contributed by atoms with Crippen molar-refractivity contribution < 1.29 is 18.0 Å². The number of halogens is 3. The molecule has 0 aliphatic heterocycles. The molecule has 0 aliphatic carbocycles. The highest BCUT2D eigenvalue weighted by molar-refractivity contribution is 5.92. The van der Waals surface area contributed by atoms with Crippen molar-refractivity contribution in [2.45, 2.75) is 6.18 Å². The van der Waals surface area contributed by atoms with Gasteiger partial charge in [0.25, 0.3) is 5.91 Å². The molecule has 17 heavy (non-hydrogen) atoms. The zero-order valence-electron chi connectivity index (χ0n) is 8.32. The molecule has 0 atom stereocenters. The smallest absolute Gasteiger partial charge is 0.295 e. The number of pyridine rings is 1. The molecule has 0 radical (unpaired) electrons. The summed E-state index contributed by atoms with van der Waals surface area (Å²) in [4.78, 5) is 14.9. The summed E-state index contributed by atoms with van der Waals surface area (Å²) in [6.07, 6.45) is -2.18. The lowest BCUT2D eigenvalue weighted by atomic mass is 10.2. The number of nitrogens with two attached hydrogens (primary N) is 1. The number of hydrogen-bond donors (Lipinski definition) is 2. The molecule has 90 valence electrons. The Balaban J connectivity index is 2.69. The average Bonchev–Trinajstić information content (AvgIpc) is 2.69.